The van der Waals surface area contributed by atoms with Gasteiger partial charge in [-0.25, -0.2) is 4.98 Å². The van der Waals surface area contributed by atoms with Crippen LogP contribution in [0.1, 0.15) is 34.2 Å². The monoisotopic (exact) mass is 497 g/mol. The highest BCUT2D eigenvalue weighted by molar-refractivity contribution is 7.13. The van der Waals surface area contributed by atoms with Crippen molar-refractivity contribution in [1.29, 1.82) is 0 Å². The van der Waals surface area contributed by atoms with Crippen LogP contribution in [0.5, 0.6) is 17.2 Å². The number of aryl methyl sites for hydroxylation is 1. The third kappa shape index (κ3) is 6.23. The number of rotatable bonds is 10. The van der Waals surface area contributed by atoms with E-state index in [0.717, 1.165) is 29.5 Å². The summed E-state index contributed by atoms with van der Waals surface area (Å²) in [5, 5.41) is 3.75. The minimum atomic E-state index is -0.242. The largest absolute Gasteiger partial charge is 0.492 e. The van der Waals surface area contributed by atoms with E-state index in [1.807, 2.05) is 63.2 Å². The number of benzene rings is 2. The molecule has 0 radical (unpaired) electrons. The topological polar surface area (TPSA) is 82.2 Å². The van der Waals surface area contributed by atoms with Gasteiger partial charge in [0.15, 0.2) is 0 Å². The van der Waals surface area contributed by atoms with E-state index >= 15 is 0 Å². The molecule has 1 aliphatic rings. The Labute approximate surface area is 209 Å². The summed E-state index contributed by atoms with van der Waals surface area (Å²) in [6.07, 6.45) is 0. The van der Waals surface area contributed by atoms with Crippen LogP contribution in [-0.4, -0.2) is 50.4 Å². The van der Waals surface area contributed by atoms with Crippen LogP contribution in [-0.2, 0) is 11.3 Å². The number of nitrogens with one attached hydrogen (secondary N) is 1. The van der Waals surface area contributed by atoms with Gasteiger partial charge in [0.25, 0.3) is 5.91 Å². The average molecular weight is 498 g/mol. The van der Waals surface area contributed by atoms with Crippen molar-refractivity contribution in [2.45, 2.75) is 27.4 Å². The first-order chi connectivity index (χ1) is 17.1. The Morgan fingerprint density at radius 1 is 1.06 bits per heavy atom. The molecule has 1 aromatic heterocycles. The van der Waals surface area contributed by atoms with E-state index < -0.39 is 0 Å². The van der Waals surface area contributed by atoms with Crippen LogP contribution >= 0.6 is 11.3 Å². The van der Waals surface area contributed by atoms with Crippen molar-refractivity contribution in [3.63, 3.8) is 0 Å². The number of thiazole rings is 1. The number of amides is 1. The van der Waals surface area contributed by atoms with Crippen molar-refractivity contribution in [2.24, 2.45) is 0 Å². The highest BCUT2D eigenvalue weighted by atomic mass is 32.1. The molecule has 1 fully saturated rings. The van der Waals surface area contributed by atoms with E-state index in [1.54, 1.807) is 0 Å². The molecule has 0 bridgehead atoms. The number of hydrogen-bond acceptors (Lipinski definition) is 8. The molecule has 1 amide bonds. The van der Waals surface area contributed by atoms with Gasteiger partial charge in [-0.1, -0.05) is 18.2 Å². The van der Waals surface area contributed by atoms with Crippen molar-refractivity contribution in [1.82, 2.24) is 4.98 Å². The fourth-order valence-corrected chi connectivity index (χ4v) is 4.68. The predicted octanol–water partition coefficient (Wildman–Crippen LogP) is 4.92. The van der Waals surface area contributed by atoms with E-state index in [-0.39, 0.29) is 5.91 Å². The molecular formula is C26H31N3O5S. The smallest absolute Gasteiger partial charge is 0.267 e. The average Bonchev–Trinajstić information content (AvgIpc) is 3.26. The summed E-state index contributed by atoms with van der Waals surface area (Å²) >= 11 is 1.32. The van der Waals surface area contributed by atoms with Crippen LogP contribution in [0.25, 0.3) is 0 Å². The minimum absolute atomic E-state index is 0.242. The van der Waals surface area contributed by atoms with Crippen LogP contribution in [0.3, 0.4) is 0 Å². The number of aromatic nitrogens is 1. The lowest BCUT2D eigenvalue weighted by atomic mass is 10.2. The van der Waals surface area contributed by atoms with E-state index in [1.165, 1.54) is 11.3 Å². The number of ether oxygens (including phenoxy) is 4. The molecular weight excluding hydrogens is 466 g/mol. The van der Waals surface area contributed by atoms with Gasteiger partial charge in [0.1, 0.15) is 33.7 Å². The summed E-state index contributed by atoms with van der Waals surface area (Å²) in [6, 6.07) is 13.3. The number of nitrogens with zero attached hydrogens (tertiary/aromatic N) is 2. The molecule has 1 aliphatic heterocycles. The van der Waals surface area contributed by atoms with Crippen LogP contribution < -0.4 is 24.4 Å². The molecule has 8 nitrogen and oxygen atoms in total. The second-order valence-corrected chi connectivity index (χ2v) is 8.94. The highest BCUT2D eigenvalue weighted by Crippen LogP contribution is 2.39. The van der Waals surface area contributed by atoms with Crippen molar-refractivity contribution >= 4 is 28.6 Å². The number of anilines is 2. The molecule has 4 rings (SSSR count). The molecule has 0 atom stereocenters. The second-order valence-electron chi connectivity index (χ2n) is 7.86. The standard InChI is InChI=1S/C26H31N3O5S/c1-4-32-22-16-21(29-11-13-31-14-12-29)23(33-5-2)15-20(22)28-26(30)25-18(3)27-24(35-25)17-34-19-9-7-6-8-10-19/h6-10,15-16H,4-5,11-14,17H2,1-3H3,(H,28,30). The van der Waals surface area contributed by atoms with Gasteiger partial charge in [0.2, 0.25) is 0 Å². The maximum Gasteiger partial charge on any atom is 0.267 e. The summed E-state index contributed by atoms with van der Waals surface area (Å²) in [5.74, 6) is 1.82. The van der Waals surface area contributed by atoms with E-state index in [2.05, 4.69) is 15.2 Å². The Hall–Kier alpha value is -3.30. The quantitative estimate of drug-likeness (QED) is 0.426. The molecule has 186 valence electrons. The molecule has 0 saturated carbocycles. The van der Waals surface area contributed by atoms with E-state index in [4.69, 9.17) is 18.9 Å². The zero-order valence-corrected chi connectivity index (χ0v) is 21.2. The maximum atomic E-state index is 13.2. The molecule has 2 aromatic carbocycles. The third-order valence-corrected chi connectivity index (χ3v) is 6.54. The molecule has 1 N–H and O–H groups in total. The van der Waals surface area contributed by atoms with Gasteiger partial charge in [-0.3, -0.25) is 4.79 Å². The van der Waals surface area contributed by atoms with Gasteiger partial charge in [0, 0.05) is 25.2 Å². The Balaban J connectivity index is 1.54. The zero-order chi connectivity index (χ0) is 24.6. The normalized spacial score (nSPS) is 13.4. The molecule has 2 heterocycles. The summed E-state index contributed by atoms with van der Waals surface area (Å²) < 4.78 is 23.1. The number of carbonyl (C=O) groups excluding carboxylic acids is 1. The molecule has 35 heavy (non-hydrogen) atoms. The zero-order valence-electron chi connectivity index (χ0n) is 20.3. The second kappa shape index (κ2) is 11.9. The number of carbonyl (C=O) groups is 1. The van der Waals surface area contributed by atoms with Gasteiger partial charge in [-0.15, -0.1) is 11.3 Å². The first kappa shape index (κ1) is 24.8. The minimum Gasteiger partial charge on any atom is -0.492 e. The van der Waals surface area contributed by atoms with Gasteiger partial charge in [0.05, 0.1) is 43.5 Å². The third-order valence-electron chi connectivity index (χ3n) is 5.41. The molecule has 9 heteroatoms. The number of hydrogen-bond donors (Lipinski definition) is 1. The van der Waals surface area contributed by atoms with E-state index in [0.29, 0.717) is 60.8 Å². The molecule has 1 saturated heterocycles. The highest BCUT2D eigenvalue weighted by Gasteiger charge is 2.22. The Bertz CT molecular complexity index is 1130. The van der Waals surface area contributed by atoms with E-state index in [9.17, 15) is 4.79 Å². The lowest BCUT2D eigenvalue weighted by Crippen LogP contribution is -2.36. The fourth-order valence-electron chi connectivity index (χ4n) is 3.81. The van der Waals surface area contributed by atoms with Gasteiger partial charge < -0.3 is 29.2 Å². The van der Waals surface area contributed by atoms with Crippen molar-refractivity contribution in [2.75, 3.05) is 49.7 Å². The summed E-state index contributed by atoms with van der Waals surface area (Å²) in [6.45, 7) is 9.84. The SMILES string of the molecule is CCOc1cc(N2CCOCC2)c(OCC)cc1NC(=O)c1sc(COc2ccccc2)nc1C. The Morgan fingerprint density at radius 2 is 1.77 bits per heavy atom. The summed E-state index contributed by atoms with van der Waals surface area (Å²) in [7, 11) is 0. The number of para-hydroxylation sites is 1. The first-order valence-electron chi connectivity index (χ1n) is 11.8. The van der Waals surface area contributed by atoms with Crippen LogP contribution in [0, 0.1) is 6.92 Å². The summed E-state index contributed by atoms with van der Waals surface area (Å²) in [5.41, 5.74) is 2.16. The van der Waals surface area contributed by atoms with Gasteiger partial charge in [-0.05, 0) is 32.9 Å². The lowest BCUT2D eigenvalue weighted by Gasteiger charge is -2.31. The molecule has 0 spiro atoms. The Kier molecular flexibility index (Phi) is 8.44. The van der Waals surface area contributed by atoms with Crippen LogP contribution in [0.4, 0.5) is 11.4 Å². The lowest BCUT2D eigenvalue weighted by molar-refractivity contribution is 0.102. The fraction of sp³-hybridized carbons (Fsp3) is 0.385. The molecule has 0 aliphatic carbocycles. The van der Waals surface area contributed by atoms with Gasteiger partial charge in [-0.2, -0.15) is 0 Å². The van der Waals surface area contributed by atoms with Crippen molar-refractivity contribution in [3.05, 3.63) is 58.0 Å². The maximum absolute atomic E-state index is 13.2. The Morgan fingerprint density at radius 3 is 2.49 bits per heavy atom. The summed E-state index contributed by atoms with van der Waals surface area (Å²) in [4.78, 5) is 20.5. The predicted molar refractivity (Wildman–Crippen MR) is 137 cm³/mol. The van der Waals surface area contributed by atoms with Crippen LogP contribution in [0.2, 0.25) is 0 Å². The van der Waals surface area contributed by atoms with Crippen LogP contribution in [0.15, 0.2) is 42.5 Å². The molecule has 0 unspecified atom stereocenters. The first-order valence-corrected chi connectivity index (χ1v) is 12.6. The van der Waals surface area contributed by atoms with Crippen molar-refractivity contribution < 1.29 is 23.7 Å². The molecule has 3 aromatic rings. The van der Waals surface area contributed by atoms with Gasteiger partial charge >= 0.3 is 0 Å². The number of morpholine rings is 1. The van der Waals surface area contributed by atoms with Crippen molar-refractivity contribution in [3.8, 4) is 17.2 Å².